The molecule has 3 aromatic carbocycles. The number of rotatable bonds is 4. The summed E-state index contributed by atoms with van der Waals surface area (Å²) in [7, 11) is -1.91. The number of halogens is 1. The van der Waals surface area contributed by atoms with Gasteiger partial charge < -0.3 is 0 Å². The van der Waals surface area contributed by atoms with E-state index in [-0.39, 0.29) is 5.82 Å². The van der Waals surface area contributed by atoms with E-state index in [1.807, 2.05) is 13.0 Å². The Kier molecular flexibility index (Phi) is 4.59. The first-order valence-corrected chi connectivity index (χ1v) is 10.7. The van der Waals surface area contributed by atoms with Gasteiger partial charge in [0, 0.05) is 0 Å². The molecule has 23 heavy (non-hydrogen) atoms. The number of aryl methyl sites for hydroxylation is 1. The van der Waals surface area contributed by atoms with E-state index in [0.717, 1.165) is 11.7 Å². The van der Waals surface area contributed by atoms with Crippen molar-refractivity contribution in [1.82, 2.24) is 0 Å². The standard InChI is InChI=1S/C21H22FP/c1-17-15-19(22)14-13-18(17)16-23(2,20-9-5-3-6-10-20)21-11-7-4-8-12-21/h3-15,23H,16H2,1-2H3. The van der Waals surface area contributed by atoms with Crippen LogP contribution in [-0.2, 0) is 6.16 Å². The second-order valence-electron chi connectivity index (χ2n) is 6.31. The second kappa shape index (κ2) is 6.64. The molecular weight excluding hydrogens is 302 g/mol. The predicted molar refractivity (Wildman–Crippen MR) is 101 cm³/mol. The Morgan fingerprint density at radius 3 is 1.78 bits per heavy atom. The predicted octanol–water partition coefficient (Wildman–Crippen LogP) is 4.66. The van der Waals surface area contributed by atoms with E-state index >= 15 is 0 Å². The Bertz CT molecular complexity index is 742. The van der Waals surface area contributed by atoms with Crippen molar-refractivity contribution in [2.24, 2.45) is 0 Å². The van der Waals surface area contributed by atoms with Gasteiger partial charge in [0.05, 0.1) is 0 Å². The van der Waals surface area contributed by atoms with Crippen molar-refractivity contribution in [3.05, 3.63) is 95.8 Å². The first-order valence-electron chi connectivity index (χ1n) is 7.96. The van der Waals surface area contributed by atoms with Gasteiger partial charge in [-0.25, -0.2) is 0 Å². The van der Waals surface area contributed by atoms with Gasteiger partial charge in [-0.3, -0.25) is 0 Å². The van der Waals surface area contributed by atoms with E-state index in [9.17, 15) is 4.39 Å². The van der Waals surface area contributed by atoms with Gasteiger partial charge in [-0.1, -0.05) is 0 Å². The van der Waals surface area contributed by atoms with E-state index in [4.69, 9.17) is 0 Å². The molecule has 3 rings (SSSR count). The average Bonchev–Trinajstić information content (AvgIpc) is 2.59. The van der Waals surface area contributed by atoms with Crippen molar-refractivity contribution in [2.45, 2.75) is 13.1 Å². The fourth-order valence-electron chi connectivity index (χ4n) is 3.22. The Hall–Kier alpha value is -1.98. The van der Waals surface area contributed by atoms with Crippen LogP contribution in [-0.4, -0.2) is 6.66 Å². The van der Waals surface area contributed by atoms with Crippen LogP contribution >= 0.6 is 7.26 Å². The fourth-order valence-corrected chi connectivity index (χ4v) is 6.98. The van der Waals surface area contributed by atoms with Gasteiger partial charge in [0.1, 0.15) is 0 Å². The molecule has 0 heterocycles. The molecule has 3 aromatic rings. The first kappa shape index (κ1) is 15.9. The van der Waals surface area contributed by atoms with Crippen LogP contribution in [0.3, 0.4) is 0 Å². The van der Waals surface area contributed by atoms with Gasteiger partial charge in [-0.05, 0) is 0 Å². The molecule has 0 radical (unpaired) electrons. The second-order valence-corrected chi connectivity index (χ2v) is 10.5. The monoisotopic (exact) mass is 324 g/mol. The van der Waals surface area contributed by atoms with Crippen molar-refractivity contribution >= 4 is 17.9 Å². The molecule has 0 saturated carbocycles. The van der Waals surface area contributed by atoms with Crippen LogP contribution in [0.25, 0.3) is 0 Å². The Morgan fingerprint density at radius 1 is 0.783 bits per heavy atom. The summed E-state index contributed by atoms with van der Waals surface area (Å²) in [6.07, 6.45) is 0.979. The third-order valence-corrected chi connectivity index (χ3v) is 8.97. The third kappa shape index (κ3) is 3.35. The minimum atomic E-state index is -1.91. The number of hydrogen-bond acceptors (Lipinski definition) is 0. The summed E-state index contributed by atoms with van der Waals surface area (Å²) < 4.78 is 13.4. The van der Waals surface area contributed by atoms with E-state index < -0.39 is 7.26 Å². The number of hydrogen-bond donors (Lipinski definition) is 0. The minimum absolute atomic E-state index is 0.158. The van der Waals surface area contributed by atoms with Gasteiger partial charge in [0.25, 0.3) is 0 Å². The zero-order valence-electron chi connectivity index (χ0n) is 13.6. The molecule has 0 aromatic heterocycles. The van der Waals surface area contributed by atoms with Gasteiger partial charge in [-0.2, -0.15) is 0 Å². The molecule has 0 bridgehead atoms. The van der Waals surface area contributed by atoms with Gasteiger partial charge in [-0.15, -0.1) is 0 Å². The summed E-state index contributed by atoms with van der Waals surface area (Å²) in [6.45, 7) is 4.41. The molecule has 0 nitrogen and oxygen atoms in total. The van der Waals surface area contributed by atoms with Gasteiger partial charge in [0.2, 0.25) is 0 Å². The van der Waals surface area contributed by atoms with E-state index in [2.05, 4.69) is 67.3 Å². The van der Waals surface area contributed by atoms with Crippen molar-refractivity contribution in [1.29, 1.82) is 0 Å². The Balaban J connectivity index is 2.09. The molecule has 0 amide bonds. The van der Waals surface area contributed by atoms with Crippen molar-refractivity contribution in [3.63, 3.8) is 0 Å². The van der Waals surface area contributed by atoms with Crippen LogP contribution < -0.4 is 10.6 Å². The van der Waals surface area contributed by atoms with Crippen LogP contribution in [0.2, 0.25) is 0 Å². The molecule has 0 atom stereocenters. The summed E-state index contributed by atoms with van der Waals surface area (Å²) in [5.74, 6) is -0.158. The molecule has 0 spiro atoms. The fraction of sp³-hybridized carbons (Fsp3) is 0.143. The molecule has 0 saturated heterocycles. The van der Waals surface area contributed by atoms with Gasteiger partial charge in [0.15, 0.2) is 0 Å². The molecule has 0 N–H and O–H groups in total. The molecule has 0 aliphatic carbocycles. The maximum absolute atomic E-state index is 13.4. The first-order chi connectivity index (χ1) is 11.1. The molecule has 0 aliphatic heterocycles. The zero-order valence-corrected chi connectivity index (χ0v) is 14.6. The topological polar surface area (TPSA) is 0 Å². The summed E-state index contributed by atoms with van der Waals surface area (Å²) >= 11 is 0. The molecule has 2 heteroatoms. The third-order valence-electron chi connectivity index (χ3n) is 4.67. The van der Waals surface area contributed by atoms with E-state index in [0.29, 0.717) is 0 Å². The van der Waals surface area contributed by atoms with Crippen LogP contribution in [0.4, 0.5) is 4.39 Å². The molecular formula is C21H22FP. The molecule has 0 aliphatic rings. The Labute approximate surface area is 138 Å². The van der Waals surface area contributed by atoms with Gasteiger partial charge >= 0.3 is 138 Å². The number of benzene rings is 3. The quantitative estimate of drug-likeness (QED) is 0.612. The normalized spacial score (nSPS) is 12.1. The average molecular weight is 324 g/mol. The zero-order chi connectivity index (χ0) is 16.3. The van der Waals surface area contributed by atoms with Crippen LogP contribution in [0, 0.1) is 12.7 Å². The van der Waals surface area contributed by atoms with E-state index in [1.165, 1.54) is 16.2 Å². The van der Waals surface area contributed by atoms with Crippen molar-refractivity contribution < 1.29 is 4.39 Å². The SMILES string of the molecule is Cc1cc(F)ccc1C[PH](C)(c1ccccc1)c1ccccc1. The Morgan fingerprint density at radius 2 is 1.30 bits per heavy atom. The summed E-state index contributed by atoms with van der Waals surface area (Å²) in [5, 5.41) is 2.82. The molecule has 118 valence electrons. The van der Waals surface area contributed by atoms with Crippen LogP contribution in [0.5, 0.6) is 0 Å². The summed E-state index contributed by atoms with van der Waals surface area (Å²) in [6, 6.07) is 26.7. The summed E-state index contributed by atoms with van der Waals surface area (Å²) in [5.41, 5.74) is 2.28. The van der Waals surface area contributed by atoms with E-state index in [1.54, 1.807) is 12.1 Å². The summed E-state index contributed by atoms with van der Waals surface area (Å²) in [4.78, 5) is 0. The molecule has 0 unspecified atom stereocenters. The van der Waals surface area contributed by atoms with Crippen molar-refractivity contribution in [2.75, 3.05) is 6.66 Å². The van der Waals surface area contributed by atoms with Crippen molar-refractivity contribution in [3.8, 4) is 0 Å². The maximum atomic E-state index is 13.4. The van der Waals surface area contributed by atoms with Crippen LogP contribution in [0.15, 0.2) is 78.9 Å². The van der Waals surface area contributed by atoms with Crippen LogP contribution in [0.1, 0.15) is 11.1 Å². The molecule has 0 fully saturated rings.